The van der Waals surface area contributed by atoms with Gasteiger partial charge in [0.15, 0.2) is 0 Å². The Morgan fingerprint density at radius 3 is 2.55 bits per heavy atom. The van der Waals surface area contributed by atoms with Crippen LogP contribution in [0.25, 0.3) is 0 Å². The first-order valence-corrected chi connectivity index (χ1v) is 8.95. The van der Waals surface area contributed by atoms with Gasteiger partial charge in [0, 0.05) is 15.7 Å². The third kappa shape index (κ3) is 3.60. The number of carbonyl (C=O) groups is 1. The van der Waals surface area contributed by atoms with Crippen molar-refractivity contribution in [2.24, 2.45) is 17.6 Å². The highest BCUT2D eigenvalue weighted by molar-refractivity contribution is 14.1. The zero-order chi connectivity index (χ0) is 15.0. The van der Waals surface area contributed by atoms with E-state index in [0.29, 0.717) is 23.9 Å². The van der Waals surface area contributed by atoms with E-state index in [1.54, 1.807) is 0 Å². The molecular weight excluding hydrogens is 411 g/mol. The molecule has 2 unspecified atom stereocenters. The zero-order valence-corrected chi connectivity index (χ0v) is 15.8. The molecule has 1 aromatic carbocycles. The molecule has 122 valence electrons. The minimum atomic E-state index is 0. The van der Waals surface area contributed by atoms with Gasteiger partial charge >= 0.3 is 0 Å². The Labute approximate surface area is 152 Å². The molecule has 2 aliphatic rings. The highest BCUT2D eigenvalue weighted by Gasteiger charge is 2.40. The molecule has 22 heavy (non-hydrogen) atoms. The van der Waals surface area contributed by atoms with Crippen molar-refractivity contribution >= 4 is 40.9 Å². The highest BCUT2D eigenvalue weighted by Crippen LogP contribution is 2.39. The summed E-state index contributed by atoms with van der Waals surface area (Å²) in [5, 5.41) is 3.33. The quantitative estimate of drug-likeness (QED) is 0.698. The average molecular weight is 435 g/mol. The van der Waals surface area contributed by atoms with Crippen molar-refractivity contribution < 1.29 is 4.79 Å². The fraction of sp³-hybridized carbons (Fsp3) is 0.588. The molecule has 0 aromatic heterocycles. The van der Waals surface area contributed by atoms with E-state index in [2.05, 4.69) is 27.9 Å². The lowest BCUT2D eigenvalue weighted by Crippen LogP contribution is -2.53. The molecule has 3 N–H and O–H groups in total. The second-order valence-corrected chi connectivity index (χ2v) is 7.70. The summed E-state index contributed by atoms with van der Waals surface area (Å²) in [4.78, 5) is 12.7. The van der Waals surface area contributed by atoms with Crippen molar-refractivity contribution in [2.75, 3.05) is 0 Å². The van der Waals surface area contributed by atoms with Crippen LogP contribution in [0, 0.1) is 22.3 Å². The van der Waals surface area contributed by atoms with Gasteiger partial charge in [-0.3, -0.25) is 4.79 Å². The summed E-state index contributed by atoms with van der Waals surface area (Å²) in [5.74, 6) is 1.22. The maximum atomic E-state index is 12.7. The molecule has 1 amide bonds. The minimum Gasteiger partial charge on any atom is -0.349 e. The van der Waals surface area contributed by atoms with Gasteiger partial charge in [-0.05, 0) is 78.7 Å². The van der Waals surface area contributed by atoms with Crippen molar-refractivity contribution in [1.82, 2.24) is 5.32 Å². The Morgan fingerprint density at radius 2 is 1.91 bits per heavy atom. The van der Waals surface area contributed by atoms with Crippen molar-refractivity contribution in [3.8, 4) is 0 Å². The molecule has 2 fully saturated rings. The van der Waals surface area contributed by atoms with Gasteiger partial charge in [0.05, 0.1) is 5.56 Å². The first-order valence-electron chi connectivity index (χ1n) is 7.88. The monoisotopic (exact) mass is 434 g/mol. The molecule has 3 rings (SSSR count). The van der Waals surface area contributed by atoms with Gasteiger partial charge in [-0.2, -0.15) is 0 Å². The number of aryl methyl sites for hydroxylation is 1. The summed E-state index contributed by atoms with van der Waals surface area (Å²) < 4.78 is 1.06. The molecule has 5 heteroatoms. The van der Waals surface area contributed by atoms with Crippen LogP contribution in [0.15, 0.2) is 18.2 Å². The number of carbonyl (C=O) groups excluding carboxylic acids is 1. The summed E-state index contributed by atoms with van der Waals surface area (Å²) in [6.45, 7) is 2.05. The lowest BCUT2D eigenvalue weighted by atomic mass is 9.67. The number of benzene rings is 1. The van der Waals surface area contributed by atoms with Crippen molar-refractivity contribution in [3.63, 3.8) is 0 Å². The summed E-state index contributed by atoms with van der Waals surface area (Å²) in [7, 11) is 0. The smallest absolute Gasteiger partial charge is 0.252 e. The van der Waals surface area contributed by atoms with Crippen molar-refractivity contribution in [3.05, 3.63) is 32.9 Å². The first-order chi connectivity index (χ1) is 10.1. The van der Waals surface area contributed by atoms with E-state index in [4.69, 9.17) is 5.73 Å². The summed E-state index contributed by atoms with van der Waals surface area (Å²) in [5.41, 5.74) is 8.13. The lowest BCUT2D eigenvalue weighted by molar-refractivity contribution is 0.0755. The SMILES string of the molecule is Cc1cccc(C(=O)NC2C3CCCC2CC(N)C3)c1I.Cl. The molecule has 0 radical (unpaired) electrons. The molecule has 2 saturated carbocycles. The molecule has 0 aliphatic heterocycles. The maximum absolute atomic E-state index is 12.7. The number of halogens is 2. The zero-order valence-electron chi connectivity index (χ0n) is 12.8. The molecule has 1 aromatic rings. The molecule has 2 atom stereocenters. The first kappa shape index (κ1) is 18.0. The highest BCUT2D eigenvalue weighted by atomic mass is 127. The van der Waals surface area contributed by atoms with Gasteiger partial charge in [-0.15, -0.1) is 12.4 Å². The van der Waals surface area contributed by atoms with Gasteiger partial charge in [-0.1, -0.05) is 18.6 Å². The predicted octanol–water partition coefficient (Wildman–Crippen LogP) is 3.66. The Morgan fingerprint density at radius 1 is 1.27 bits per heavy atom. The number of nitrogens with two attached hydrogens (primary N) is 1. The van der Waals surface area contributed by atoms with Crippen LogP contribution in [-0.2, 0) is 0 Å². The Balaban J connectivity index is 0.00000176. The second kappa shape index (κ2) is 7.49. The van der Waals surface area contributed by atoms with Gasteiger partial charge in [0.2, 0.25) is 0 Å². The number of amides is 1. The van der Waals surface area contributed by atoms with Crippen LogP contribution in [0.5, 0.6) is 0 Å². The standard InChI is InChI=1S/C17H23IN2O.ClH/c1-10-4-2-7-14(15(10)18)17(21)20-16-11-5-3-6-12(16)9-13(19)8-11;/h2,4,7,11-13,16H,3,5-6,8-9,19H2,1H3,(H,20,21);1H. The van der Waals surface area contributed by atoms with Gasteiger partial charge < -0.3 is 11.1 Å². The number of nitrogens with one attached hydrogen (secondary N) is 1. The van der Waals surface area contributed by atoms with Crippen molar-refractivity contribution in [2.45, 2.75) is 51.1 Å². The fourth-order valence-corrected chi connectivity index (χ4v) is 4.68. The number of hydrogen-bond donors (Lipinski definition) is 2. The number of fused-ring (bicyclic) bond motifs is 2. The fourth-order valence-electron chi connectivity index (χ4n) is 4.08. The molecule has 0 spiro atoms. The van der Waals surface area contributed by atoms with Crippen molar-refractivity contribution in [1.29, 1.82) is 0 Å². The normalized spacial score (nSPS) is 30.3. The van der Waals surface area contributed by atoms with Gasteiger partial charge in [-0.25, -0.2) is 0 Å². The van der Waals surface area contributed by atoms with Crippen LogP contribution >= 0.6 is 35.0 Å². The van der Waals surface area contributed by atoms with E-state index in [0.717, 1.165) is 27.5 Å². The predicted molar refractivity (Wildman–Crippen MR) is 100 cm³/mol. The number of rotatable bonds is 2. The van der Waals surface area contributed by atoms with E-state index in [1.165, 1.54) is 19.3 Å². The number of hydrogen-bond acceptors (Lipinski definition) is 2. The van der Waals surface area contributed by atoms with E-state index in [-0.39, 0.29) is 18.3 Å². The Hall–Kier alpha value is -0.330. The largest absolute Gasteiger partial charge is 0.349 e. The average Bonchev–Trinajstić information content (AvgIpc) is 2.42. The molecule has 0 saturated heterocycles. The molecule has 2 bridgehead atoms. The second-order valence-electron chi connectivity index (χ2n) is 6.62. The van der Waals surface area contributed by atoms with E-state index < -0.39 is 0 Å². The third-order valence-corrected chi connectivity index (χ3v) is 6.54. The van der Waals surface area contributed by atoms with E-state index >= 15 is 0 Å². The van der Waals surface area contributed by atoms with E-state index in [1.807, 2.05) is 25.1 Å². The third-order valence-electron chi connectivity index (χ3n) is 5.11. The van der Waals surface area contributed by atoms with Crippen LogP contribution in [0.3, 0.4) is 0 Å². The lowest BCUT2D eigenvalue weighted by Gasteiger charge is -2.45. The van der Waals surface area contributed by atoms with E-state index in [9.17, 15) is 4.79 Å². The molecule has 0 heterocycles. The Bertz CT molecular complexity index is 537. The van der Waals surface area contributed by atoms with Gasteiger partial charge in [0.25, 0.3) is 5.91 Å². The summed E-state index contributed by atoms with van der Waals surface area (Å²) >= 11 is 2.27. The van der Waals surface area contributed by atoms with Crippen LogP contribution < -0.4 is 11.1 Å². The van der Waals surface area contributed by atoms with Crippen LogP contribution in [0.1, 0.15) is 48.0 Å². The minimum absolute atomic E-state index is 0. The molecule has 2 aliphatic carbocycles. The molecular formula is C17H24ClIN2O. The van der Waals surface area contributed by atoms with Crippen LogP contribution in [0.4, 0.5) is 0 Å². The van der Waals surface area contributed by atoms with Crippen LogP contribution in [0.2, 0.25) is 0 Å². The van der Waals surface area contributed by atoms with Crippen LogP contribution in [-0.4, -0.2) is 18.0 Å². The summed E-state index contributed by atoms with van der Waals surface area (Å²) in [6.07, 6.45) is 5.83. The molecule has 3 nitrogen and oxygen atoms in total. The topological polar surface area (TPSA) is 55.1 Å². The summed E-state index contributed by atoms with van der Waals surface area (Å²) in [6, 6.07) is 6.58. The maximum Gasteiger partial charge on any atom is 0.252 e. The Kier molecular flexibility index (Phi) is 6.14. The van der Waals surface area contributed by atoms with Gasteiger partial charge in [0.1, 0.15) is 0 Å².